The molecule has 19 heavy (non-hydrogen) atoms. The van der Waals surface area contributed by atoms with E-state index in [1.807, 2.05) is 24.4 Å². The molecule has 0 spiro atoms. The molecule has 1 N–H and O–H groups in total. The Balaban J connectivity index is 1.87. The maximum absolute atomic E-state index is 4.29. The molecular weight excluding hydrogens is 232 g/mol. The molecule has 0 fully saturated rings. The van der Waals surface area contributed by atoms with Crippen molar-refractivity contribution in [3.05, 3.63) is 65.5 Å². The smallest absolute Gasteiger partial charge is 0.0541 e. The van der Waals surface area contributed by atoms with E-state index in [9.17, 15) is 0 Å². The number of aromatic nitrogens is 1. The van der Waals surface area contributed by atoms with Crippen LogP contribution in [0.5, 0.6) is 0 Å². The van der Waals surface area contributed by atoms with Gasteiger partial charge in [-0.25, -0.2) is 0 Å². The Hall–Kier alpha value is -1.67. The van der Waals surface area contributed by atoms with E-state index in [2.05, 4.69) is 55.3 Å². The molecule has 0 atom stereocenters. The Morgan fingerprint density at radius 2 is 1.68 bits per heavy atom. The van der Waals surface area contributed by atoms with Crippen LogP contribution < -0.4 is 5.32 Å². The van der Waals surface area contributed by atoms with Crippen LogP contribution in [0.3, 0.4) is 0 Å². The van der Waals surface area contributed by atoms with E-state index >= 15 is 0 Å². The molecule has 100 valence electrons. The Bertz CT molecular complexity index is 495. The van der Waals surface area contributed by atoms with E-state index in [4.69, 9.17) is 0 Å². The molecule has 2 aromatic rings. The summed E-state index contributed by atoms with van der Waals surface area (Å²) in [7, 11) is 0. The van der Waals surface area contributed by atoms with Crippen LogP contribution in [-0.2, 0) is 18.5 Å². The summed E-state index contributed by atoms with van der Waals surface area (Å²) >= 11 is 0. The molecule has 2 nitrogen and oxygen atoms in total. The van der Waals surface area contributed by atoms with Gasteiger partial charge in [0.25, 0.3) is 0 Å². The molecule has 0 aliphatic rings. The van der Waals surface area contributed by atoms with Gasteiger partial charge in [-0.15, -0.1) is 0 Å². The molecule has 2 rings (SSSR count). The second-order valence-corrected chi connectivity index (χ2v) is 5.87. The Morgan fingerprint density at radius 1 is 0.947 bits per heavy atom. The van der Waals surface area contributed by atoms with Crippen LogP contribution in [0.1, 0.15) is 37.6 Å². The first-order valence-electron chi connectivity index (χ1n) is 6.76. The number of rotatable bonds is 4. The maximum Gasteiger partial charge on any atom is 0.0541 e. The summed E-state index contributed by atoms with van der Waals surface area (Å²) in [5.41, 5.74) is 3.98. The predicted molar refractivity (Wildman–Crippen MR) is 79.9 cm³/mol. The lowest BCUT2D eigenvalue weighted by Gasteiger charge is -2.19. The number of nitrogens with one attached hydrogen (secondary N) is 1. The molecule has 0 aliphatic carbocycles. The lowest BCUT2D eigenvalue weighted by atomic mass is 9.87. The lowest BCUT2D eigenvalue weighted by Crippen LogP contribution is -2.14. The Kier molecular flexibility index (Phi) is 4.33. The van der Waals surface area contributed by atoms with E-state index in [0.29, 0.717) is 0 Å². The molecule has 0 unspecified atom stereocenters. The summed E-state index contributed by atoms with van der Waals surface area (Å²) in [5.74, 6) is 0. The summed E-state index contributed by atoms with van der Waals surface area (Å²) in [6.45, 7) is 8.40. The van der Waals surface area contributed by atoms with Gasteiger partial charge >= 0.3 is 0 Å². The fourth-order valence-corrected chi connectivity index (χ4v) is 1.96. The summed E-state index contributed by atoms with van der Waals surface area (Å²) < 4.78 is 0. The van der Waals surface area contributed by atoms with E-state index in [-0.39, 0.29) is 5.41 Å². The highest BCUT2D eigenvalue weighted by atomic mass is 14.9. The van der Waals surface area contributed by atoms with Crippen molar-refractivity contribution >= 4 is 0 Å². The van der Waals surface area contributed by atoms with Crippen LogP contribution in [0.4, 0.5) is 0 Å². The minimum Gasteiger partial charge on any atom is -0.307 e. The highest BCUT2D eigenvalue weighted by Gasteiger charge is 2.12. The van der Waals surface area contributed by atoms with Crippen molar-refractivity contribution in [2.24, 2.45) is 0 Å². The molecule has 0 saturated heterocycles. The minimum atomic E-state index is 0.222. The van der Waals surface area contributed by atoms with Gasteiger partial charge in [0, 0.05) is 19.3 Å². The molecule has 0 aliphatic heterocycles. The van der Waals surface area contributed by atoms with Crippen molar-refractivity contribution in [3.63, 3.8) is 0 Å². The van der Waals surface area contributed by atoms with Crippen molar-refractivity contribution in [1.29, 1.82) is 0 Å². The van der Waals surface area contributed by atoms with E-state index in [0.717, 1.165) is 18.8 Å². The third-order valence-electron chi connectivity index (χ3n) is 3.18. The zero-order valence-corrected chi connectivity index (χ0v) is 12.0. The van der Waals surface area contributed by atoms with Crippen molar-refractivity contribution < 1.29 is 0 Å². The summed E-state index contributed by atoms with van der Waals surface area (Å²) in [5, 5.41) is 3.41. The number of nitrogens with zero attached hydrogens (tertiary/aromatic N) is 1. The molecule has 0 radical (unpaired) electrons. The Labute approximate surface area is 115 Å². The van der Waals surface area contributed by atoms with Crippen LogP contribution in [0.2, 0.25) is 0 Å². The van der Waals surface area contributed by atoms with Crippen LogP contribution >= 0.6 is 0 Å². The molecular formula is C17H22N2. The number of benzene rings is 1. The zero-order chi connectivity index (χ0) is 13.7. The van der Waals surface area contributed by atoms with Gasteiger partial charge in [0.2, 0.25) is 0 Å². The molecule has 0 saturated carbocycles. The number of hydrogen-bond acceptors (Lipinski definition) is 2. The molecule has 0 amide bonds. The molecule has 2 heteroatoms. The average Bonchev–Trinajstić information content (AvgIpc) is 2.39. The number of pyridine rings is 1. The van der Waals surface area contributed by atoms with Gasteiger partial charge in [0.1, 0.15) is 0 Å². The topological polar surface area (TPSA) is 24.9 Å². The van der Waals surface area contributed by atoms with Crippen molar-refractivity contribution in [3.8, 4) is 0 Å². The molecule has 1 aromatic heterocycles. The first-order chi connectivity index (χ1) is 9.05. The second kappa shape index (κ2) is 5.98. The second-order valence-electron chi connectivity index (χ2n) is 5.87. The number of hydrogen-bond donors (Lipinski definition) is 1. The van der Waals surface area contributed by atoms with E-state index < -0.39 is 0 Å². The third-order valence-corrected chi connectivity index (χ3v) is 3.18. The van der Waals surface area contributed by atoms with Gasteiger partial charge in [-0.3, -0.25) is 4.98 Å². The van der Waals surface area contributed by atoms with Gasteiger partial charge in [-0.1, -0.05) is 51.1 Å². The fourth-order valence-electron chi connectivity index (χ4n) is 1.96. The summed E-state index contributed by atoms with van der Waals surface area (Å²) in [6, 6.07) is 14.8. The van der Waals surface area contributed by atoms with Gasteiger partial charge in [0.05, 0.1) is 5.69 Å². The van der Waals surface area contributed by atoms with Crippen LogP contribution in [0, 0.1) is 0 Å². The molecule has 1 aromatic carbocycles. The highest BCUT2D eigenvalue weighted by Crippen LogP contribution is 2.22. The van der Waals surface area contributed by atoms with Crippen LogP contribution in [0.15, 0.2) is 48.7 Å². The maximum atomic E-state index is 4.29. The highest BCUT2D eigenvalue weighted by molar-refractivity contribution is 5.27. The van der Waals surface area contributed by atoms with Gasteiger partial charge < -0.3 is 5.32 Å². The first-order valence-corrected chi connectivity index (χ1v) is 6.76. The van der Waals surface area contributed by atoms with Gasteiger partial charge in [-0.2, -0.15) is 0 Å². The van der Waals surface area contributed by atoms with Crippen molar-refractivity contribution in [2.75, 3.05) is 0 Å². The van der Waals surface area contributed by atoms with Crippen molar-refractivity contribution in [1.82, 2.24) is 10.3 Å². The predicted octanol–water partition coefficient (Wildman–Crippen LogP) is 3.67. The largest absolute Gasteiger partial charge is 0.307 e. The minimum absolute atomic E-state index is 0.222. The SMILES string of the molecule is CC(C)(C)c1ccc(CNCc2ccccn2)cc1. The van der Waals surface area contributed by atoms with E-state index in [1.165, 1.54) is 11.1 Å². The van der Waals surface area contributed by atoms with Gasteiger partial charge in [-0.05, 0) is 28.7 Å². The standard InChI is InChI=1S/C17H22N2/c1-17(2,3)15-9-7-14(8-10-15)12-18-13-16-6-4-5-11-19-16/h4-11,18H,12-13H2,1-3H3. The summed E-state index contributed by atoms with van der Waals surface area (Å²) in [4.78, 5) is 4.29. The van der Waals surface area contributed by atoms with Crippen molar-refractivity contribution in [2.45, 2.75) is 39.3 Å². The van der Waals surface area contributed by atoms with E-state index in [1.54, 1.807) is 0 Å². The molecule has 0 bridgehead atoms. The quantitative estimate of drug-likeness (QED) is 0.900. The Morgan fingerprint density at radius 3 is 2.26 bits per heavy atom. The lowest BCUT2D eigenvalue weighted by molar-refractivity contribution is 0.589. The molecule has 1 heterocycles. The normalized spacial score (nSPS) is 11.5. The summed E-state index contributed by atoms with van der Waals surface area (Å²) in [6.07, 6.45) is 1.83. The van der Waals surface area contributed by atoms with Crippen LogP contribution in [0.25, 0.3) is 0 Å². The monoisotopic (exact) mass is 254 g/mol. The third kappa shape index (κ3) is 4.18. The van der Waals surface area contributed by atoms with Gasteiger partial charge in [0.15, 0.2) is 0 Å². The van der Waals surface area contributed by atoms with Crippen LogP contribution in [-0.4, -0.2) is 4.98 Å². The zero-order valence-electron chi connectivity index (χ0n) is 12.0. The fraction of sp³-hybridized carbons (Fsp3) is 0.353. The first kappa shape index (κ1) is 13.8. The average molecular weight is 254 g/mol.